The van der Waals surface area contributed by atoms with Crippen molar-refractivity contribution in [2.75, 3.05) is 7.05 Å². The van der Waals surface area contributed by atoms with E-state index in [1.807, 2.05) is 0 Å². The second-order valence-electron chi connectivity index (χ2n) is 3.56. The van der Waals surface area contributed by atoms with E-state index in [2.05, 4.69) is 9.88 Å². The fourth-order valence-electron chi connectivity index (χ4n) is 1.73. The minimum atomic E-state index is -3.08. The van der Waals surface area contributed by atoms with Gasteiger partial charge in [-0.25, -0.2) is 4.72 Å². The standard InChI is InChI=1S/C9H14N2O4S/c1-10-16(13,14)9-5-6-7(11-12)3-2-4-8(6)15-9/h5,10,12-14H,2-4H2,1H3/b11-7+. The van der Waals surface area contributed by atoms with E-state index in [-0.39, 0.29) is 5.09 Å². The van der Waals surface area contributed by atoms with Gasteiger partial charge in [-0.2, -0.15) is 0 Å². The van der Waals surface area contributed by atoms with Gasteiger partial charge in [-0.05, 0) is 12.8 Å². The summed E-state index contributed by atoms with van der Waals surface area (Å²) in [5, 5.41) is 12.1. The maximum atomic E-state index is 9.63. The highest BCUT2D eigenvalue weighted by Gasteiger charge is 2.26. The maximum absolute atomic E-state index is 9.63. The molecule has 16 heavy (non-hydrogen) atoms. The van der Waals surface area contributed by atoms with Crippen LogP contribution in [0.4, 0.5) is 0 Å². The molecule has 0 amide bonds. The number of nitrogens with one attached hydrogen (secondary N) is 1. The van der Waals surface area contributed by atoms with Crippen LogP contribution in [-0.2, 0) is 6.42 Å². The third kappa shape index (κ3) is 1.82. The molecular weight excluding hydrogens is 232 g/mol. The smallest absolute Gasteiger partial charge is 0.227 e. The first kappa shape index (κ1) is 11.5. The molecule has 0 unspecified atom stereocenters. The average molecular weight is 246 g/mol. The molecule has 1 aliphatic rings. The zero-order chi connectivity index (χ0) is 11.8. The summed E-state index contributed by atoms with van der Waals surface area (Å²) >= 11 is 0. The van der Waals surface area contributed by atoms with Gasteiger partial charge in [0.1, 0.15) is 5.76 Å². The van der Waals surface area contributed by atoms with E-state index in [1.54, 1.807) is 0 Å². The van der Waals surface area contributed by atoms with Crippen molar-refractivity contribution in [2.24, 2.45) is 5.16 Å². The van der Waals surface area contributed by atoms with Crippen molar-refractivity contribution in [3.63, 3.8) is 0 Å². The van der Waals surface area contributed by atoms with E-state index in [1.165, 1.54) is 13.1 Å². The van der Waals surface area contributed by atoms with Crippen molar-refractivity contribution >= 4 is 16.5 Å². The summed E-state index contributed by atoms with van der Waals surface area (Å²) in [4.78, 5) is 0. The van der Waals surface area contributed by atoms with Gasteiger partial charge in [-0.3, -0.25) is 9.11 Å². The summed E-state index contributed by atoms with van der Waals surface area (Å²) in [6.45, 7) is 0. The normalized spacial score (nSPS) is 19.8. The summed E-state index contributed by atoms with van der Waals surface area (Å²) in [5.74, 6) is 0.643. The number of hydrogen-bond donors (Lipinski definition) is 4. The Kier molecular flexibility index (Phi) is 2.94. The van der Waals surface area contributed by atoms with Crippen molar-refractivity contribution < 1.29 is 18.7 Å². The third-order valence-corrected chi connectivity index (χ3v) is 3.93. The van der Waals surface area contributed by atoms with Gasteiger partial charge in [-0.15, -0.1) is 0 Å². The third-order valence-electron chi connectivity index (χ3n) is 2.60. The van der Waals surface area contributed by atoms with Crippen LogP contribution in [0.5, 0.6) is 0 Å². The Bertz CT molecular complexity index is 427. The van der Waals surface area contributed by atoms with Gasteiger partial charge in [0.25, 0.3) is 0 Å². The molecule has 1 aromatic rings. The summed E-state index contributed by atoms with van der Waals surface area (Å²) in [5.41, 5.74) is 1.20. The lowest BCUT2D eigenvalue weighted by Gasteiger charge is -2.27. The van der Waals surface area contributed by atoms with Gasteiger partial charge in [0.2, 0.25) is 5.09 Å². The quantitative estimate of drug-likeness (QED) is 0.473. The molecule has 0 bridgehead atoms. The van der Waals surface area contributed by atoms with Gasteiger partial charge >= 0.3 is 0 Å². The molecule has 0 saturated heterocycles. The zero-order valence-corrected chi connectivity index (χ0v) is 9.62. The van der Waals surface area contributed by atoms with Crippen molar-refractivity contribution in [1.82, 2.24) is 4.72 Å². The number of rotatable bonds is 2. The van der Waals surface area contributed by atoms with Crippen LogP contribution in [0, 0.1) is 0 Å². The first-order valence-electron chi connectivity index (χ1n) is 4.89. The number of nitrogens with zero attached hydrogens (tertiary/aromatic N) is 1. The number of fused-ring (bicyclic) bond motifs is 1. The minimum Gasteiger partial charge on any atom is -0.444 e. The fourth-order valence-corrected chi connectivity index (χ4v) is 2.43. The predicted molar refractivity (Wildman–Crippen MR) is 60.1 cm³/mol. The molecule has 1 heterocycles. The molecule has 0 fully saturated rings. The lowest BCUT2D eigenvalue weighted by molar-refractivity contribution is 0.316. The monoisotopic (exact) mass is 246 g/mol. The maximum Gasteiger partial charge on any atom is 0.227 e. The average Bonchev–Trinajstić information content (AvgIpc) is 2.73. The Labute approximate surface area is 94.4 Å². The summed E-state index contributed by atoms with van der Waals surface area (Å²) in [7, 11) is -1.63. The van der Waals surface area contributed by atoms with E-state index >= 15 is 0 Å². The lowest BCUT2D eigenvalue weighted by atomic mass is 9.97. The summed E-state index contributed by atoms with van der Waals surface area (Å²) < 4.78 is 27.0. The molecule has 2 rings (SSSR count). The number of oxime groups is 1. The molecule has 6 nitrogen and oxygen atoms in total. The Balaban J connectivity index is 2.44. The second-order valence-corrected chi connectivity index (χ2v) is 5.46. The van der Waals surface area contributed by atoms with Crippen LogP contribution in [0.25, 0.3) is 0 Å². The Morgan fingerprint density at radius 3 is 2.81 bits per heavy atom. The van der Waals surface area contributed by atoms with Crippen LogP contribution < -0.4 is 4.72 Å². The van der Waals surface area contributed by atoms with Crippen molar-refractivity contribution in [3.8, 4) is 0 Å². The number of aryl methyl sites for hydroxylation is 1. The molecule has 90 valence electrons. The van der Waals surface area contributed by atoms with E-state index in [4.69, 9.17) is 9.62 Å². The van der Waals surface area contributed by atoms with Crippen LogP contribution in [0.3, 0.4) is 0 Å². The summed E-state index contributed by atoms with van der Waals surface area (Å²) in [6.07, 6.45) is 2.22. The molecule has 1 aromatic heterocycles. The molecule has 0 spiro atoms. The molecule has 4 N–H and O–H groups in total. The Hall–Kier alpha value is -1.02. The number of hydrogen-bond acceptors (Lipinski definition) is 6. The SMILES string of the molecule is CNS(O)(O)c1cc2c(o1)CCC/C2=N\O. The molecule has 0 saturated carbocycles. The molecule has 7 heteroatoms. The first-order valence-corrected chi connectivity index (χ1v) is 6.44. The van der Waals surface area contributed by atoms with Gasteiger partial charge in [0.05, 0.1) is 5.71 Å². The molecule has 0 aromatic carbocycles. The van der Waals surface area contributed by atoms with E-state index < -0.39 is 10.8 Å². The molecule has 0 atom stereocenters. The molecule has 0 radical (unpaired) electrons. The van der Waals surface area contributed by atoms with Gasteiger partial charge in [-0.1, -0.05) is 15.9 Å². The van der Waals surface area contributed by atoms with Crippen LogP contribution >= 0.6 is 10.8 Å². The van der Waals surface area contributed by atoms with Crippen LogP contribution in [-0.4, -0.2) is 27.1 Å². The van der Waals surface area contributed by atoms with E-state index in [0.29, 0.717) is 29.9 Å². The zero-order valence-electron chi connectivity index (χ0n) is 8.80. The van der Waals surface area contributed by atoms with Crippen LogP contribution in [0.15, 0.2) is 20.7 Å². The summed E-state index contributed by atoms with van der Waals surface area (Å²) in [6, 6.07) is 1.52. The fraction of sp³-hybridized carbons (Fsp3) is 0.444. The van der Waals surface area contributed by atoms with Crippen LogP contribution in [0.1, 0.15) is 24.2 Å². The highest BCUT2D eigenvalue weighted by atomic mass is 32.3. The topological polar surface area (TPSA) is 98.2 Å². The first-order chi connectivity index (χ1) is 7.58. The van der Waals surface area contributed by atoms with E-state index in [0.717, 1.165) is 6.42 Å². The Morgan fingerprint density at radius 1 is 1.44 bits per heavy atom. The number of furan rings is 1. The van der Waals surface area contributed by atoms with Gasteiger partial charge in [0, 0.05) is 25.1 Å². The molecule has 0 aliphatic heterocycles. The highest BCUT2D eigenvalue weighted by molar-refractivity contribution is 8.22. The van der Waals surface area contributed by atoms with E-state index in [9.17, 15) is 9.11 Å². The van der Waals surface area contributed by atoms with Gasteiger partial charge < -0.3 is 9.62 Å². The largest absolute Gasteiger partial charge is 0.444 e. The second kappa shape index (κ2) is 4.10. The highest BCUT2D eigenvalue weighted by Crippen LogP contribution is 2.46. The Morgan fingerprint density at radius 2 is 2.19 bits per heavy atom. The lowest BCUT2D eigenvalue weighted by Crippen LogP contribution is -2.14. The molecule has 1 aliphatic carbocycles. The van der Waals surface area contributed by atoms with Gasteiger partial charge in [0.15, 0.2) is 0 Å². The predicted octanol–water partition coefficient (Wildman–Crippen LogP) is 2.04. The van der Waals surface area contributed by atoms with Crippen molar-refractivity contribution in [2.45, 2.75) is 24.4 Å². The molecular formula is C9H14N2O4S. The van der Waals surface area contributed by atoms with Crippen LogP contribution in [0.2, 0.25) is 0 Å². The van der Waals surface area contributed by atoms with Crippen molar-refractivity contribution in [1.29, 1.82) is 0 Å². The minimum absolute atomic E-state index is 0.0862. The van der Waals surface area contributed by atoms with Crippen molar-refractivity contribution in [3.05, 3.63) is 17.4 Å².